The van der Waals surface area contributed by atoms with Crippen LogP contribution in [0.5, 0.6) is 0 Å². The fraction of sp³-hybridized carbons (Fsp3) is 0.167. The van der Waals surface area contributed by atoms with Crippen molar-refractivity contribution in [2.75, 3.05) is 0 Å². The average Bonchev–Trinajstić information content (AvgIpc) is 2.89. The molecule has 0 radical (unpaired) electrons. The molecule has 0 N–H and O–H groups in total. The minimum atomic E-state index is 0.695. The monoisotopic (exact) mass is 246 g/mol. The topological polar surface area (TPSA) is 35.6 Å². The van der Waals surface area contributed by atoms with Gasteiger partial charge in [0.1, 0.15) is 6.33 Å². The van der Waals surface area contributed by atoms with Crippen molar-refractivity contribution < 1.29 is 0 Å². The second-order valence-electron chi connectivity index (χ2n) is 3.97. The average molecular weight is 247 g/mol. The van der Waals surface area contributed by atoms with Gasteiger partial charge in [-0.1, -0.05) is 17.7 Å². The molecule has 0 aliphatic heterocycles. The van der Waals surface area contributed by atoms with E-state index in [1.165, 1.54) is 0 Å². The summed E-state index contributed by atoms with van der Waals surface area (Å²) in [7, 11) is 1.94. The van der Waals surface area contributed by atoms with Gasteiger partial charge in [0.25, 0.3) is 0 Å². The molecular weight excluding hydrogens is 236 g/mol. The zero-order valence-electron chi connectivity index (χ0n) is 9.34. The van der Waals surface area contributed by atoms with Gasteiger partial charge in [0, 0.05) is 29.2 Å². The van der Waals surface area contributed by atoms with Gasteiger partial charge in [-0.05, 0) is 18.2 Å². The van der Waals surface area contributed by atoms with Crippen LogP contribution in [0.4, 0.5) is 0 Å². The van der Waals surface area contributed by atoms with Crippen LogP contribution >= 0.6 is 11.6 Å². The van der Waals surface area contributed by atoms with E-state index in [9.17, 15) is 0 Å². The molecular formula is C12H11ClN4. The van der Waals surface area contributed by atoms with E-state index < -0.39 is 0 Å². The normalized spacial score (nSPS) is 11.2. The lowest BCUT2D eigenvalue weighted by molar-refractivity contribution is 0.716. The summed E-state index contributed by atoms with van der Waals surface area (Å²) in [6.45, 7) is 0.695. The van der Waals surface area contributed by atoms with Gasteiger partial charge in [0.2, 0.25) is 0 Å². The van der Waals surface area contributed by atoms with Crippen LogP contribution in [-0.2, 0) is 13.6 Å². The predicted octanol–water partition coefficient (Wildman–Crippen LogP) is 2.47. The third-order valence-electron chi connectivity index (χ3n) is 2.88. The largest absolute Gasteiger partial charge is 0.340 e. The molecule has 1 aromatic carbocycles. The van der Waals surface area contributed by atoms with Gasteiger partial charge in [-0.25, -0.2) is 0 Å². The van der Waals surface area contributed by atoms with Crippen LogP contribution in [0.1, 0.15) is 5.82 Å². The molecule has 2 aromatic heterocycles. The summed E-state index contributed by atoms with van der Waals surface area (Å²) in [5, 5.41) is 9.80. The van der Waals surface area contributed by atoms with Crippen molar-refractivity contribution in [3.05, 3.63) is 47.6 Å². The Morgan fingerprint density at radius 1 is 1.29 bits per heavy atom. The molecule has 0 spiro atoms. The third kappa shape index (κ3) is 1.70. The second kappa shape index (κ2) is 3.89. The van der Waals surface area contributed by atoms with Crippen LogP contribution in [0.25, 0.3) is 10.9 Å². The fourth-order valence-electron chi connectivity index (χ4n) is 1.93. The number of benzene rings is 1. The number of fused-ring (bicyclic) bond motifs is 1. The SMILES string of the molecule is Cn1cnnc1Cn1ccc2c(Cl)cccc21. The Morgan fingerprint density at radius 2 is 2.18 bits per heavy atom. The Hall–Kier alpha value is -1.81. The van der Waals surface area contributed by atoms with Crippen LogP contribution in [0, 0.1) is 0 Å². The van der Waals surface area contributed by atoms with Gasteiger partial charge >= 0.3 is 0 Å². The van der Waals surface area contributed by atoms with Crippen molar-refractivity contribution in [2.45, 2.75) is 6.54 Å². The second-order valence-corrected chi connectivity index (χ2v) is 4.38. The third-order valence-corrected chi connectivity index (χ3v) is 3.21. The van der Waals surface area contributed by atoms with E-state index in [1.807, 2.05) is 36.0 Å². The minimum absolute atomic E-state index is 0.695. The van der Waals surface area contributed by atoms with Crippen molar-refractivity contribution in [3.8, 4) is 0 Å². The van der Waals surface area contributed by atoms with Crippen LogP contribution in [0.2, 0.25) is 5.02 Å². The first-order valence-electron chi connectivity index (χ1n) is 5.32. The lowest BCUT2D eigenvalue weighted by Crippen LogP contribution is -2.04. The van der Waals surface area contributed by atoms with Gasteiger partial charge in [-0.3, -0.25) is 0 Å². The number of rotatable bonds is 2. The first-order chi connectivity index (χ1) is 8.25. The molecule has 17 heavy (non-hydrogen) atoms. The molecule has 3 rings (SSSR count). The Balaban J connectivity index is 2.07. The summed E-state index contributed by atoms with van der Waals surface area (Å²) in [6.07, 6.45) is 3.72. The highest BCUT2D eigenvalue weighted by atomic mass is 35.5. The van der Waals surface area contributed by atoms with Gasteiger partial charge in [-0.15, -0.1) is 10.2 Å². The lowest BCUT2D eigenvalue weighted by atomic mass is 10.2. The number of aromatic nitrogens is 4. The van der Waals surface area contributed by atoms with E-state index in [0.29, 0.717) is 6.54 Å². The highest BCUT2D eigenvalue weighted by Crippen LogP contribution is 2.24. The van der Waals surface area contributed by atoms with E-state index in [-0.39, 0.29) is 0 Å². The number of hydrogen-bond acceptors (Lipinski definition) is 2. The molecule has 0 aliphatic rings. The van der Waals surface area contributed by atoms with E-state index in [4.69, 9.17) is 11.6 Å². The quantitative estimate of drug-likeness (QED) is 0.696. The summed E-state index contributed by atoms with van der Waals surface area (Å²) in [6, 6.07) is 7.93. The van der Waals surface area contributed by atoms with Gasteiger partial charge in [0.15, 0.2) is 5.82 Å². The van der Waals surface area contributed by atoms with Gasteiger partial charge < -0.3 is 9.13 Å². The molecule has 0 aliphatic carbocycles. The zero-order valence-corrected chi connectivity index (χ0v) is 10.1. The molecule has 0 bridgehead atoms. The maximum Gasteiger partial charge on any atom is 0.152 e. The maximum absolute atomic E-state index is 6.14. The molecule has 0 saturated heterocycles. The molecule has 4 nitrogen and oxygen atoms in total. The first-order valence-corrected chi connectivity index (χ1v) is 5.70. The molecule has 0 unspecified atom stereocenters. The van der Waals surface area contributed by atoms with E-state index >= 15 is 0 Å². The van der Waals surface area contributed by atoms with Gasteiger partial charge in [-0.2, -0.15) is 0 Å². The summed E-state index contributed by atoms with van der Waals surface area (Å²) >= 11 is 6.14. The van der Waals surface area contributed by atoms with Crippen molar-refractivity contribution in [2.24, 2.45) is 7.05 Å². The van der Waals surface area contributed by atoms with E-state index in [1.54, 1.807) is 6.33 Å². The first kappa shape index (κ1) is 10.4. The molecule has 0 amide bonds. The Morgan fingerprint density at radius 3 is 2.94 bits per heavy atom. The van der Waals surface area contributed by atoms with Crippen LogP contribution in [-0.4, -0.2) is 19.3 Å². The molecule has 0 saturated carbocycles. The fourth-order valence-corrected chi connectivity index (χ4v) is 2.16. The Kier molecular flexibility index (Phi) is 2.37. The molecule has 3 aromatic rings. The molecule has 2 heterocycles. The minimum Gasteiger partial charge on any atom is -0.340 e. The van der Waals surface area contributed by atoms with Crippen molar-refractivity contribution >= 4 is 22.5 Å². The molecule has 5 heteroatoms. The molecule has 0 fully saturated rings. The Bertz CT molecular complexity index is 668. The zero-order chi connectivity index (χ0) is 11.8. The van der Waals surface area contributed by atoms with Crippen molar-refractivity contribution in [3.63, 3.8) is 0 Å². The number of aryl methyl sites for hydroxylation is 1. The predicted molar refractivity (Wildman–Crippen MR) is 67.1 cm³/mol. The standard InChI is InChI=1S/C12H11ClN4/c1-16-8-14-15-12(16)7-17-6-5-9-10(13)3-2-4-11(9)17/h2-6,8H,7H2,1H3. The highest BCUT2D eigenvalue weighted by molar-refractivity contribution is 6.35. The number of hydrogen-bond donors (Lipinski definition) is 0. The van der Waals surface area contributed by atoms with Crippen LogP contribution in [0.15, 0.2) is 36.8 Å². The number of halogens is 1. The smallest absolute Gasteiger partial charge is 0.152 e. The van der Waals surface area contributed by atoms with Crippen LogP contribution < -0.4 is 0 Å². The maximum atomic E-state index is 6.14. The van der Waals surface area contributed by atoms with Crippen molar-refractivity contribution in [1.29, 1.82) is 0 Å². The summed E-state index contributed by atoms with van der Waals surface area (Å²) in [4.78, 5) is 0. The summed E-state index contributed by atoms with van der Waals surface area (Å²) in [5.41, 5.74) is 1.11. The molecule has 86 valence electrons. The highest BCUT2D eigenvalue weighted by Gasteiger charge is 2.06. The van der Waals surface area contributed by atoms with E-state index in [2.05, 4.69) is 20.8 Å². The Labute approximate surface area is 103 Å². The number of nitrogens with zero attached hydrogens (tertiary/aromatic N) is 4. The van der Waals surface area contributed by atoms with Crippen molar-refractivity contribution in [1.82, 2.24) is 19.3 Å². The van der Waals surface area contributed by atoms with E-state index in [0.717, 1.165) is 21.7 Å². The summed E-state index contributed by atoms with van der Waals surface area (Å²) < 4.78 is 4.03. The summed E-state index contributed by atoms with van der Waals surface area (Å²) in [5.74, 6) is 0.919. The lowest BCUT2D eigenvalue weighted by Gasteiger charge is -2.04. The van der Waals surface area contributed by atoms with Crippen LogP contribution in [0.3, 0.4) is 0 Å². The van der Waals surface area contributed by atoms with Gasteiger partial charge in [0.05, 0.1) is 6.54 Å². The molecule has 0 atom stereocenters.